The normalized spacial score (nSPS) is 15.7. The van der Waals surface area contributed by atoms with Crippen molar-refractivity contribution in [1.29, 1.82) is 0 Å². The van der Waals surface area contributed by atoms with Crippen LogP contribution in [0.2, 0.25) is 0 Å². The van der Waals surface area contributed by atoms with Crippen molar-refractivity contribution in [2.45, 2.75) is 70.4 Å². The van der Waals surface area contributed by atoms with E-state index in [9.17, 15) is 0 Å². The average Bonchev–Trinajstić information content (AvgIpc) is 3.19. The molecule has 32 heavy (non-hydrogen) atoms. The summed E-state index contributed by atoms with van der Waals surface area (Å²) >= 11 is 0. The largest absolute Gasteiger partial charge is 0.344 e. The second-order valence-electron chi connectivity index (χ2n) is 9.27. The van der Waals surface area contributed by atoms with Crippen molar-refractivity contribution in [3.63, 3.8) is 0 Å². The molecule has 4 rings (SSSR count). The summed E-state index contributed by atoms with van der Waals surface area (Å²) in [5, 5.41) is 5.00. The van der Waals surface area contributed by atoms with Crippen molar-refractivity contribution in [3.8, 4) is 0 Å². The molecule has 0 spiro atoms. The van der Waals surface area contributed by atoms with Crippen LogP contribution in [0.4, 0.5) is 5.69 Å². The molecule has 0 bridgehead atoms. The maximum absolute atomic E-state index is 7.49. The number of benzene rings is 2. The zero-order chi connectivity index (χ0) is 22.3. The highest BCUT2D eigenvalue weighted by atomic mass is 15.0. The molecule has 1 aliphatic carbocycles. The minimum Gasteiger partial charge on any atom is -0.344 e. The maximum Gasteiger partial charge on any atom is 0.187 e. The number of rotatable bonds is 9. The molecular formula is C28H36N4. The first-order chi connectivity index (χ1) is 15.7. The molecule has 2 aromatic carbocycles. The van der Waals surface area contributed by atoms with E-state index in [1.165, 1.54) is 59.7 Å². The molecule has 4 nitrogen and oxygen atoms in total. The van der Waals surface area contributed by atoms with Crippen LogP contribution in [0.1, 0.15) is 73.7 Å². The third-order valence-corrected chi connectivity index (χ3v) is 6.91. The maximum atomic E-state index is 7.49. The smallest absolute Gasteiger partial charge is 0.187 e. The molecule has 3 aromatic rings. The number of nitrogens with zero attached hydrogens (tertiary/aromatic N) is 2. The minimum atomic E-state index is 0.304. The Labute approximate surface area is 192 Å². The number of nitrogens with two attached hydrogens (primary N) is 1. The third-order valence-electron chi connectivity index (χ3n) is 6.91. The predicted octanol–water partition coefficient (Wildman–Crippen LogP) is 6.62. The Bertz CT molecular complexity index is 1070. The first-order valence-electron chi connectivity index (χ1n) is 12.2. The zero-order valence-corrected chi connectivity index (χ0v) is 19.3. The van der Waals surface area contributed by atoms with Crippen molar-refractivity contribution in [2.75, 3.05) is 13.1 Å². The van der Waals surface area contributed by atoms with Gasteiger partial charge in [-0.3, -0.25) is 0 Å². The van der Waals surface area contributed by atoms with Gasteiger partial charge in [0.05, 0.1) is 6.57 Å². The highest BCUT2D eigenvalue weighted by molar-refractivity contribution is 5.87. The van der Waals surface area contributed by atoms with E-state index in [-0.39, 0.29) is 0 Å². The predicted molar refractivity (Wildman–Crippen MR) is 134 cm³/mol. The summed E-state index contributed by atoms with van der Waals surface area (Å²) in [6.45, 7) is 11.3. The molecule has 0 saturated heterocycles. The number of aromatic nitrogens is 1. The summed E-state index contributed by atoms with van der Waals surface area (Å²) in [6, 6.07) is 16.0. The second kappa shape index (κ2) is 10.8. The van der Waals surface area contributed by atoms with Gasteiger partial charge in [0.2, 0.25) is 0 Å². The Hall–Kier alpha value is -2.61. The van der Waals surface area contributed by atoms with Crippen molar-refractivity contribution in [3.05, 3.63) is 76.8 Å². The summed E-state index contributed by atoms with van der Waals surface area (Å²) in [7, 11) is 0. The lowest BCUT2D eigenvalue weighted by Gasteiger charge is -2.24. The molecule has 3 N–H and O–H groups in total. The molecule has 1 heterocycles. The molecule has 4 heteroatoms. The fourth-order valence-electron chi connectivity index (χ4n) is 5.20. The molecule has 0 aliphatic heterocycles. The molecule has 1 unspecified atom stereocenters. The average molecular weight is 429 g/mol. The van der Waals surface area contributed by atoms with Crippen LogP contribution < -0.4 is 11.1 Å². The van der Waals surface area contributed by atoms with Gasteiger partial charge >= 0.3 is 0 Å². The summed E-state index contributed by atoms with van der Waals surface area (Å²) in [5.41, 5.74) is 11.8. The van der Waals surface area contributed by atoms with Gasteiger partial charge in [-0.2, -0.15) is 0 Å². The van der Waals surface area contributed by atoms with Gasteiger partial charge in [-0.15, -0.1) is 0 Å². The Morgan fingerprint density at radius 2 is 2.00 bits per heavy atom. The van der Waals surface area contributed by atoms with Crippen LogP contribution in [0.3, 0.4) is 0 Å². The number of hydrogen-bond acceptors (Lipinski definition) is 2. The van der Waals surface area contributed by atoms with Gasteiger partial charge in [0.25, 0.3) is 0 Å². The topological polar surface area (TPSA) is 47.3 Å². The summed E-state index contributed by atoms with van der Waals surface area (Å²) < 4.78 is 2.51. The molecule has 1 saturated carbocycles. The number of aryl methyl sites for hydroxylation is 2. The lowest BCUT2D eigenvalue weighted by atomic mass is 9.95. The van der Waals surface area contributed by atoms with E-state index in [4.69, 9.17) is 12.3 Å². The van der Waals surface area contributed by atoms with E-state index in [0.29, 0.717) is 18.6 Å². The van der Waals surface area contributed by atoms with Crippen molar-refractivity contribution in [2.24, 2.45) is 5.73 Å². The lowest BCUT2D eigenvalue weighted by molar-refractivity contribution is 0.360. The fraction of sp³-hybridized carbons (Fsp3) is 0.464. The van der Waals surface area contributed by atoms with Crippen LogP contribution in [0.25, 0.3) is 15.7 Å². The lowest BCUT2D eigenvalue weighted by Crippen LogP contribution is -2.24. The Morgan fingerprint density at radius 3 is 2.75 bits per heavy atom. The summed E-state index contributed by atoms with van der Waals surface area (Å²) in [4.78, 5) is 3.70. The van der Waals surface area contributed by atoms with Crippen LogP contribution in [0.15, 0.2) is 48.7 Å². The van der Waals surface area contributed by atoms with E-state index in [1.807, 2.05) is 6.07 Å². The third kappa shape index (κ3) is 5.23. The molecule has 1 fully saturated rings. The van der Waals surface area contributed by atoms with E-state index < -0.39 is 0 Å². The molecule has 0 radical (unpaired) electrons. The number of hydrogen-bond donors (Lipinski definition) is 2. The van der Waals surface area contributed by atoms with Crippen molar-refractivity contribution < 1.29 is 0 Å². The first-order valence-corrected chi connectivity index (χ1v) is 12.2. The Balaban J connectivity index is 1.61. The highest BCUT2D eigenvalue weighted by Crippen LogP contribution is 2.35. The Morgan fingerprint density at radius 1 is 1.16 bits per heavy atom. The van der Waals surface area contributed by atoms with Crippen LogP contribution in [-0.4, -0.2) is 17.7 Å². The molecule has 0 amide bonds. The van der Waals surface area contributed by atoms with E-state index >= 15 is 0 Å². The van der Waals surface area contributed by atoms with Crippen molar-refractivity contribution >= 4 is 16.6 Å². The van der Waals surface area contributed by atoms with Gasteiger partial charge < -0.3 is 15.6 Å². The molecular weight excluding hydrogens is 392 g/mol. The first kappa shape index (κ1) is 22.6. The molecule has 1 aliphatic rings. The van der Waals surface area contributed by atoms with Crippen LogP contribution in [-0.2, 0) is 6.42 Å². The highest BCUT2D eigenvalue weighted by Gasteiger charge is 2.20. The zero-order valence-electron chi connectivity index (χ0n) is 19.3. The summed E-state index contributed by atoms with van der Waals surface area (Å²) in [6.07, 6.45) is 11.9. The van der Waals surface area contributed by atoms with E-state index in [2.05, 4.69) is 64.2 Å². The van der Waals surface area contributed by atoms with Gasteiger partial charge in [0.1, 0.15) is 0 Å². The van der Waals surface area contributed by atoms with Gasteiger partial charge in [0, 0.05) is 23.8 Å². The molecule has 1 atom stereocenters. The van der Waals surface area contributed by atoms with E-state index in [0.717, 1.165) is 31.5 Å². The van der Waals surface area contributed by atoms with Crippen LogP contribution in [0, 0.1) is 13.5 Å². The minimum absolute atomic E-state index is 0.304. The standard InChI is InChI=1S/C28H36N4/c1-21-8-6-9-22(18-21)27(31-17-7-16-29)14-12-23-20-32(25-10-4-3-5-11-25)28-15-13-24(30-2)19-26(23)28/h6,8-9,13,15,18-20,25,27,31H,3-5,7,10-12,14,16-17,29H2,1H3. The van der Waals surface area contributed by atoms with Crippen molar-refractivity contribution in [1.82, 2.24) is 9.88 Å². The fourth-order valence-corrected chi connectivity index (χ4v) is 5.20. The van der Waals surface area contributed by atoms with Gasteiger partial charge in [-0.1, -0.05) is 55.2 Å². The van der Waals surface area contributed by atoms with E-state index in [1.54, 1.807) is 0 Å². The summed E-state index contributed by atoms with van der Waals surface area (Å²) in [5.74, 6) is 0. The quantitative estimate of drug-likeness (QED) is 0.297. The Kier molecular flexibility index (Phi) is 7.63. The monoisotopic (exact) mass is 428 g/mol. The number of nitrogens with one attached hydrogen (secondary N) is 1. The van der Waals surface area contributed by atoms with Gasteiger partial charge in [-0.05, 0) is 80.8 Å². The second-order valence-corrected chi connectivity index (χ2v) is 9.27. The molecule has 168 valence electrons. The number of fused-ring (bicyclic) bond motifs is 1. The SMILES string of the molecule is [C-]#[N+]c1ccc2c(c1)c(CCC(NCCCN)c1cccc(C)c1)cn2C1CCCCC1. The van der Waals surface area contributed by atoms with Gasteiger partial charge in [0.15, 0.2) is 5.69 Å². The van der Waals surface area contributed by atoms with Crippen LogP contribution >= 0.6 is 0 Å². The van der Waals surface area contributed by atoms with Gasteiger partial charge in [-0.25, -0.2) is 4.85 Å². The molecule has 1 aromatic heterocycles. The van der Waals surface area contributed by atoms with Crippen LogP contribution in [0.5, 0.6) is 0 Å².